The van der Waals surface area contributed by atoms with Crippen LogP contribution in [0.3, 0.4) is 0 Å². The van der Waals surface area contributed by atoms with Crippen molar-refractivity contribution in [2.75, 3.05) is 6.66 Å². The van der Waals surface area contributed by atoms with E-state index in [4.69, 9.17) is 0 Å². The van der Waals surface area contributed by atoms with Gasteiger partial charge in [-0.25, -0.2) is 0 Å². The molecular formula is C9H18OP+. The van der Waals surface area contributed by atoms with Gasteiger partial charge in [0.1, 0.15) is 6.66 Å². The Morgan fingerprint density at radius 3 is 2.36 bits per heavy atom. The molecule has 0 amide bonds. The Morgan fingerprint density at radius 2 is 2.00 bits per heavy atom. The second kappa shape index (κ2) is 3.67. The van der Waals surface area contributed by atoms with Crippen LogP contribution < -0.4 is 0 Å². The summed E-state index contributed by atoms with van der Waals surface area (Å²) < 4.78 is 11.3. The van der Waals surface area contributed by atoms with Crippen molar-refractivity contribution in [3.8, 4) is 0 Å². The molecule has 0 spiro atoms. The van der Waals surface area contributed by atoms with Crippen LogP contribution in [0.2, 0.25) is 0 Å². The van der Waals surface area contributed by atoms with Crippen LogP contribution in [0.1, 0.15) is 33.1 Å². The Morgan fingerprint density at radius 1 is 1.36 bits per heavy atom. The van der Waals surface area contributed by atoms with E-state index in [0.717, 1.165) is 11.8 Å². The zero-order chi connectivity index (χ0) is 8.43. The van der Waals surface area contributed by atoms with Gasteiger partial charge < -0.3 is 0 Å². The van der Waals surface area contributed by atoms with Gasteiger partial charge in [-0.2, -0.15) is 0 Å². The summed E-state index contributed by atoms with van der Waals surface area (Å²) in [5.74, 6) is 1.46. The summed E-state index contributed by atoms with van der Waals surface area (Å²) >= 11 is 0. The molecule has 1 aliphatic carbocycles. The highest BCUT2D eigenvalue weighted by Crippen LogP contribution is 2.44. The van der Waals surface area contributed by atoms with Crippen LogP contribution in [0.25, 0.3) is 0 Å². The fraction of sp³-hybridized carbons (Fsp3) is 1.00. The maximum Gasteiger partial charge on any atom is 0.338 e. The smallest absolute Gasteiger partial charge is 0.0748 e. The Hall–Kier alpha value is 0.100. The fourth-order valence-corrected chi connectivity index (χ4v) is 3.78. The normalized spacial score (nSPS) is 32.9. The molecule has 0 aliphatic heterocycles. The molecule has 1 rings (SSSR count). The van der Waals surface area contributed by atoms with Crippen molar-refractivity contribution in [2.24, 2.45) is 11.8 Å². The molecule has 1 aliphatic rings. The van der Waals surface area contributed by atoms with E-state index < -0.39 is 7.80 Å². The van der Waals surface area contributed by atoms with Crippen LogP contribution in [0.5, 0.6) is 0 Å². The second-order valence-electron chi connectivity index (χ2n) is 3.95. The van der Waals surface area contributed by atoms with Crippen molar-refractivity contribution >= 4 is 7.80 Å². The summed E-state index contributed by atoms with van der Waals surface area (Å²) in [6, 6.07) is 0. The summed E-state index contributed by atoms with van der Waals surface area (Å²) in [4.78, 5) is 0. The lowest BCUT2D eigenvalue weighted by atomic mass is 9.94. The molecule has 1 fully saturated rings. The molecule has 3 unspecified atom stereocenters. The van der Waals surface area contributed by atoms with Gasteiger partial charge in [0.15, 0.2) is 5.66 Å². The van der Waals surface area contributed by atoms with Crippen LogP contribution >= 0.6 is 7.80 Å². The van der Waals surface area contributed by atoms with Crippen molar-refractivity contribution in [1.82, 2.24) is 0 Å². The van der Waals surface area contributed by atoms with Crippen LogP contribution in [0.15, 0.2) is 0 Å². The lowest BCUT2D eigenvalue weighted by Gasteiger charge is -2.14. The average Bonchev–Trinajstić information content (AvgIpc) is 2.32. The molecule has 0 aromatic heterocycles. The molecule has 0 saturated heterocycles. The predicted octanol–water partition coefficient (Wildman–Crippen LogP) is 3.27. The van der Waals surface area contributed by atoms with Crippen LogP contribution in [-0.2, 0) is 4.57 Å². The summed E-state index contributed by atoms with van der Waals surface area (Å²) in [6.45, 7) is 6.39. The van der Waals surface area contributed by atoms with Gasteiger partial charge in [0, 0.05) is 5.92 Å². The maximum absolute atomic E-state index is 11.3. The van der Waals surface area contributed by atoms with E-state index in [1.54, 1.807) is 0 Å². The molecule has 1 nitrogen and oxygen atoms in total. The quantitative estimate of drug-likeness (QED) is 0.586. The third-order valence-corrected chi connectivity index (χ3v) is 4.43. The first kappa shape index (κ1) is 9.19. The predicted molar refractivity (Wildman–Crippen MR) is 49.5 cm³/mol. The molecule has 0 N–H and O–H groups in total. The first-order valence-electron chi connectivity index (χ1n) is 4.53. The van der Waals surface area contributed by atoms with Gasteiger partial charge in [0.05, 0.1) is 0 Å². The van der Waals surface area contributed by atoms with Crippen molar-refractivity contribution in [3.63, 3.8) is 0 Å². The van der Waals surface area contributed by atoms with Crippen molar-refractivity contribution in [3.05, 3.63) is 0 Å². The molecule has 64 valence electrons. The minimum atomic E-state index is -0.923. The Bertz CT molecular complexity index is 154. The van der Waals surface area contributed by atoms with E-state index in [1.807, 2.05) is 6.66 Å². The number of hydrogen-bond acceptors (Lipinski definition) is 1. The number of rotatable bonds is 2. The van der Waals surface area contributed by atoms with Gasteiger partial charge in [0.25, 0.3) is 0 Å². The molecule has 11 heavy (non-hydrogen) atoms. The molecule has 0 aromatic rings. The van der Waals surface area contributed by atoms with Crippen molar-refractivity contribution in [2.45, 2.75) is 38.8 Å². The highest BCUT2D eigenvalue weighted by molar-refractivity contribution is 7.44. The minimum absolute atomic E-state index is 0.532. The SMILES string of the molecule is CC(C)C1CCCC1[P+](C)=O. The maximum atomic E-state index is 11.3. The first-order valence-corrected chi connectivity index (χ1v) is 6.30. The monoisotopic (exact) mass is 173 g/mol. The van der Waals surface area contributed by atoms with E-state index >= 15 is 0 Å². The third-order valence-electron chi connectivity index (χ3n) is 2.85. The largest absolute Gasteiger partial charge is 0.338 e. The van der Waals surface area contributed by atoms with Gasteiger partial charge in [-0.1, -0.05) is 18.4 Å². The fourth-order valence-electron chi connectivity index (χ4n) is 2.20. The lowest BCUT2D eigenvalue weighted by Crippen LogP contribution is -2.15. The number of hydrogen-bond donors (Lipinski definition) is 0. The van der Waals surface area contributed by atoms with E-state index in [1.165, 1.54) is 19.3 Å². The molecule has 0 aromatic carbocycles. The topological polar surface area (TPSA) is 17.1 Å². The van der Waals surface area contributed by atoms with Crippen LogP contribution in [-0.4, -0.2) is 12.3 Å². The highest BCUT2D eigenvalue weighted by atomic mass is 31.1. The molecule has 1 saturated carbocycles. The zero-order valence-corrected chi connectivity index (χ0v) is 8.60. The van der Waals surface area contributed by atoms with Gasteiger partial charge in [0.2, 0.25) is 0 Å². The van der Waals surface area contributed by atoms with Gasteiger partial charge in [-0.15, -0.1) is 0 Å². The standard InChI is InChI=1S/C9H18OP/c1-7(2)8-5-4-6-9(8)11(3)10/h7-9H,4-6H2,1-3H3/q+1. The summed E-state index contributed by atoms with van der Waals surface area (Å²) in [5.41, 5.74) is 0.532. The first-order chi connectivity index (χ1) is 5.13. The molecular weight excluding hydrogens is 155 g/mol. The molecule has 0 bridgehead atoms. The van der Waals surface area contributed by atoms with Gasteiger partial charge >= 0.3 is 7.80 Å². The van der Waals surface area contributed by atoms with Crippen molar-refractivity contribution < 1.29 is 4.57 Å². The van der Waals surface area contributed by atoms with Crippen LogP contribution in [0.4, 0.5) is 0 Å². The Labute approximate surface area is 70.4 Å². The molecule has 0 heterocycles. The third kappa shape index (κ3) is 2.02. The average molecular weight is 173 g/mol. The van der Waals surface area contributed by atoms with E-state index in [-0.39, 0.29) is 0 Å². The van der Waals surface area contributed by atoms with Gasteiger partial charge in [-0.3, -0.25) is 0 Å². The summed E-state index contributed by atoms with van der Waals surface area (Å²) in [5, 5.41) is 0. The van der Waals surface area contributed by atoms with Crippen molar-refractivity contribution in [1.29, 1.82) is 0 Å². The lowest BCUT2D eigenvalue weighted by molar-refractivity contribution is 0.396. The van der Waals surface area contributed by atoms with E-state index in [9.17, 15) is 4.57 Å². The molecule has 0 radical (unpaired) electrons. The zero-order valence-electron chi connectivity index (χ0n) is 7.71. The Kier molecular flexibility index (Phi) is 3.06. The minimum Gasteiger partial charge on any atom is -0.0748 e. The Balaban J connectivity index is 2.58. The van der Waals surface area contributed by atoms with E-state index in [0.29, 0.717) is 5.66 Å². The molecule has 2 heteroatoms. The summed E-state index contributed by atoms with van der Waals surface area (Å²) in [7, 11) is -0.923. The summed E-state index contributed by atoms with van der Waals surface area (Å²) in [6.07, 6.45) is 3.80. The molecule has 3 atom stereocenters. The second-order valence-corrected chi connectivity index (χ2v) is 5.71. The van der Waals surface area contributed by atoms with Gasteiger partial charge in [-0.05, 0) is 25.2 Å². The van der Waals surface area contributed by atoms with E-state index in [2.05, 4.69) is 13.8 Å². The van der Waals surface area contributed by atoms with Crippen LogP contribution in [0, 0.1) is 11.8 Å². The highest BCUT2D eigenvalue weighted by Gasteiger charge is 2.39.